The SMILES string of the molecule is CCCNc1ncc(F)c(NCCN(C)C)n1. The third-order valence-corrected chi connectivity index (χ3v) is 2.13. The van der Waals surface area contributed by atoms with Crippen LogP contribution in [0.1, 0.15) is 13.3 Å². The second kappa shape index (κ2) is 7.01. The second-order valence-corrected chi connectivity index (χ2v) is 4.05. The monoisotopic (exact) mass is 241 g/mol. The van der Waals surface area contributed by atoms with Gasteiger partial charge in [-0.1, -0.05) is 6.92 Å². The molecule has 0 unspecified atom stereocenters. The normalized spacial score (nSPS) is 10.6. The van der Waals surface area contributed by atoms with Crippen LogP contribution < -0.4 is 10.6 Å². The second-order valence-electron chi connectivity index (χ2n) is 4.05. The van der Waals surface area contributed by atoms with Gasteiger partial charge in [-0.15, -0.1) is 0 Å². The molecule has 1 rings (SSSR count). The molecule has 5 nitrogen and oxygen atoms in total. The Labute approximate surface area is 101 Å². The fraction of sp³-hybridized carbons (Fsp3) is 0.636. The molecule has 0 aliphatic carbocycles. The van der Waals surface area contributed by atoms with Gasteiger partial charge in [0.2, 0.25) is 5.95 Å². The van der Waals surface area contributed by atoms with Gasteiger partial charge in [-0.05, 0) is 20.5 Å². The molecule has 0 atom stereocenters. The molecule has 0 amide bonds. The van der Waals surface area contributed by atoms with Crippen LogP contribution in [0.3, 0.4) is 0 Å². The van der Waals surface area contributed by atoms with Gasteiger partial charge in [0.25, 0.3) is 0 Å². The predicted octanol–water partition coefficient (Wildman–Crippen LogP) is 1.41. The third-order valence-electron chi connectivity index (χ3n) is 2.13. The Morgan fingerprint density at radius 2 is 2.06 bits per heavy atom. The van der Waals surface area contributed by atoms with Crippen LogP contribution in [0, 0.1) is 5.82 Å². The molecule has 6 heteroatoms. The Morgan fingerprint density at radius 1 is 1.29 bits per heavy atom. The third kappa shape index (κ3) is 4.95. The van der Waals surface area contributed by atoms with E-state index in [1.54, 1.807) is 0 Å². The number of likely N-dealkylation sites (N-methyl/N-ethyl adjacent to an activating group) is 1. The van der Waals surface area contributed by atoms with Crippen LogP contribution in [0.5, 0.6) is 0 Å². The lowest BCUT2D eigenvalue weighted by atomic mass is 10.5. The maximum absolute atomic E-state index is 13.4. The summed E-state index contributed by atoms with van der Waals surface area (Å²) in [7, 11) is 3.93. The number of aromatic nitrogens is 2. The molecule has 0 aliphatic heterocycles. The first-order chi connectivity index (χ1) is 8.13. The number of halogens is 1. The molecule has 17 heavy (non-hydrogen) atoms. The summed E-state index contributed by atoms with van der Waals surface area (Å²) in [5, 5.41) is 5.98. The largest absolute Gasteiger partial charge is 0.366 e. The summed E-state index contributed by atoms with van der Waals surface area (Å²) in [4.78, 5) is 9.97. The van der Waals surface area contributed by atoms with E-state index >= 15 is 0 Å². The maximum atomic E-state index is 13.4. The van der Waals surface area contributed by atoms with E-state index in [9.17, 15) is 4.39 Å². The van der Waals surface area contributed by atoms with Crippen LogP contribution in [0.4, 0.5) is 16.2 Å². The molecule has 0 radical (unpaired) electrons. The lowest BCUT2D eigenvalue weighted by Gasteiger charge is -2.12. The maximum Gasteiger partial charge on any atom is 0.224 e. The number of hydrogen-bond donors (Lipinski definition) is 2. The first kappa shape index (κ1) is 13.6. The van der Waals surface area contributed by atoms with E-state index in [1.807, 2.05) is 25.9 Å². The molecule has 0 saturated carbocycles. The Hall–Kier alpha value is -1.43. The van der Waals surface area contributed by atoms with Crippen molar-refractivity contribution < 1.29 is 4.39 Å². The number of anilines is 2. The van der Waals surface area contributed by atoms with Crippen molar-refractivity contribution in [2.24, 2.45) is 0 Å². The van der Waals surface area contributed by atoms with E-state index in [4.69, 9.17) is 0 Å². The summed E-state index contributed by atoms with van der Waals surface area (Å²) in [5.74, 6) is 0.284. The minimum absolute atomic E-state index is 0.250. The molecule has 96 valence electrons. The van der Waals surface area contributed by atoms with Gasteiger partial charge in [0, 0.05) is 19.6 Å². The molecule has 0 aromatic carbocycles. The fourth-order valence-electron chi connectivity index (χ4n) is 1.21. The van der Waals surface area contributed by atoms with Crippen LogP contribution >= 0.6 is 0 Å². The Kier molecular flexibility index (Phi) is 5.62. The van der Waals surface area contributed by atoms with Crippen LogP contribution in [0.25, 0.3) is 0 Å². The summed E-state index contributed by atoms with van der Waals surface area (Å²) >= 11 is 0. The summed E-state index contributed by atoms with van der Waals surface area (Å²) < 4.78 is 13.4. The highest BCUT2D eigenvalue weighted by molar-refractivity contribution is 5.40. The summed E-state index contributed by atoms with van der Waals surface area (Å²) in [6.07, 6.45) is 2.16. The quantitative estimate of drug-likeness (QED) is 0.756. The van der Waals surface area contributed by atoms with E-state index in [1.165, 1.54) is 6.20 Å². The highest BCUT2D eigenvalue weighted by atomic mass is 19.1. The average molecular weight is 241 g/mol. The first-order valence-corrected chi connectivity index (χ1v) is 5.78. The van der Waals surface area contributed by atoms with E-state index in [0.717, 1.165) is 19.5 Å². The minimum Gasteiger partial charge on any atom is -0.366 e. The number of nitrogens with zero attached hydrogens (tertiary/aromatic N) is 3. The molecule has 0 spiro atoms. The number of hydrogen-bond acceptors (Lipinski definition) is 5. The Morgan fingerprint density at radius 3 is 2.71 bits per heavy atom. The average Bonchev–Trinajstić information content (AvgIpc) is 2.29. The molecule has 1 aromatic rings. The zero-order valence-electron chi connectivity index (χ0n) is 10.6. The van der Waals surface area contributed by atoms with Crippen LogP contribution in [-0.2, 0) is 0 Å². The van der Waals surface area contributed by atoms with Crippen LogP contribution in [0.2, 0.25) is 0 Å². The van der Waals surface area contributed by atoms with Crippen molar-refractivity contribution >= 4 is 11.8 Å². The van der Waals surface area contributed by atoms with Gasteiger partial charge < -0.3 is 15.5 Å². The Balaban J connectivity index is 2.56. The fourth-order valence-corrected chi connectivity index (χ4v) is 1.21. The minimum atomic E-state index is -0.425. The topological polar surface area (TPSA) is 53.1 Å². The highest BCUT2D eigenvalue weighted by Crippen LogP contribution is 2.11. The van der Waals surface area contributed by atoms with Gasteiger partial charge in [-0.25, -0.2) is 9.37 Å². The van der Waals surface area contributed by atoms with Crippen molar-refractivity contribution in [3.05, 3.63) is 12.0 Å². The lowest BCUT2D eigenvalue weighted by Crippen LogP contribution is -2.21. The van der Waals surface area contributed by atoms with Gasteiger partial charge in [-0.2, -0.15) is 4.98 Å². The van der Waals surface area contributed by atoms with Crippen LogP contribution in [-0.4, -0.2) is 48.6 Å². The summed E-state index contributed by atoms with van der Waals surface area (Å²) in [5.41, 5.74) is 0. The van der Waals surface area contributed by atoms with Gasteiger partial charge in [0.05, 0.1) is 6.20 Å². The Bertz CT molecular complexity index is 343. The smallest absolute Gasteiger partial charge is 0.224 e. The van der Waals surface area contributed by atoms with E-state index in [0.29, 0.717) is 12.5 Å². The lowest BCUT2D eigenvalue weighted by molar-refractivity contribution is 0.424. The summed E-state index contributed by atoms with van der Waals surface area (Å²) in [6, 6.07) is 0. The van der Waals surface area contributed by atoms with Crippen molar-refractivity contribution in [3.63, 3.8) is 0 Å². The molecule has 1 heterocycles. The standard InChI is InChI=1S/C11H20FN5/c1-4-5-14-11-15-8-9(12)10(16-11)13-6-7-17(2)3/h8H,4-7H2,1-3H3,(H2,13,14,15,16). The zero-order valence-corrected chi connectivity index (χ0v) is 10.6. The molecule has 0 bridgehead atoms. The van der Waals surface area contributed by atoms with Gasteiger partial charge in [0.1, 0.15) is 0 Å². The van der Waals surface area contributed by atoms with Gasteiger partial charge in [-0.3, -0.25) is 0 Å². The molecule has 1 aromatic heterocycles. The first-order valence-electron chi connectivity index (χ1n) is 5.78. The summed E-state index contributed by atoms with van der Waals surface area (Å²) in [6.45, 7) is 4.30. The number of rotatable bonds is 7. The number of nitrogens with one attached hydrogen (secondary N) is 2. The van der Waals surface area contributed by atoms with E-state index < -0.39 is 5.82 Å². The van der Waals surface area contributed by atoms with E-state index in [-0.39, 0.29) is 5.82 Å². The molecular weight excluding hydrogens is 221 g/mol. The van der Waals surface area contributed by atoms with Crippen molar-refractivity contribution in [1.82, 2.24) is 14.9 Å². The van der Waals surface area contributed by atoms with E-state index in [2.05, 4.69) is 20.6 Å². The van der Waals surface area contributed by atoms with Crippen molar-refractivity contribution in [2.45, 2.75) is 13.3 Å². The molecule has 2 N–H and O–H groups in total. The predicted molar refractivity (Wildman–Crippen MR) is 67.8 cm³/mol. The van der Waals surface area contributed by atoms with Gasteiger partial charge in [0.15, 0.2) is 11.6 Å². The van der Waals surface area contributed by atoms with Crippen molar-refractivity contribution in [3.8, 4) is 0 Å². The molecule has 0 aliphatic rings. The van der Waals surface area contributed by atoms with Crippen molar-refractivity contribution in [1.29, 1.82) is 0 Å². The molecule has 0 saturated heterocycles. The molecular formula is C11H20FN5. The molecule has 0 fully saturated rings. The van der Waals surface area contributed by atoms with Crippen molar-refractivity contribution in [2.75, 3.05) is 44.4 Å². The van der Waals surface area contributed by atoms with Crippen LogP contribution in [0.15, 0.2) is 6.20 Å². The highest BCUT2D eigenvalue weighted by Gasteiger charge is 2.05. The van der Waals surface area contributed by atoms with Gasteiger partial charge >= 0.3 is 0 Å². The zero-order chi connectivity index (χ0) is 12.7.